The van der Waals surface area contributed by atoms with Crippen LogP contribution in [0, 0.1) is 5.41 Å². The Morgan fingerprint density at radius 1 is 1.06 bits per heavy atom. The first kappa shape index (κ1) is 12.1. The molecule has 0 amide bonds. The van der Waals surface area contributed by atoms with Crippen LogP contribution in [0.3, 0.4) is 0 Å². The van der Waals surface area contributed by atoms with E-state index in [1.807, 2.05) is 12.4 Å². The van der Waals surface area contributed by atoms with Crippen molar-refractivity contribution in [2.45, 2.75) is 40.0 Å². The lowest BCUT2D eigenvalue weighted by atomic mass is 9.89. The van der Waals surface area contributed by atoms with Crippen LogP contribution < -0.4 is 0 Å². The van der Waals surface area contributed by atoms with Crippen molar-refractivity contribution in [1.82, 2.24) is 4.98 Å². The predicted molar refractivity (Wildman–Crippen MR) is 74.1 cm³/mol. The van der Waals surface area contributed by atoms with Gasteiger partial charge in [0.15, 0.2) is 0 Å². The highest BCUT2D eigenvalue weighted by atomic mass is 14.6. The van der Waals surface area contributed by atoms with Gasteiger partial charge in [-0.05, 0) is 35.6 Å². The molecule has 1 heterocycles. The molecule has 0 radical (unpaired) electrons. The van der Waals surface area contributed by atoms with E-state index >= 15 is 0 Å². The molecule has 0 spiro atoms. The zero-order chi connectivity index (χ0) is 12.3. The lowest BCUT2D eigenvalue weighted by Gasteiger charge is -2.17. The highest BCUT2D eigenvalue weighted by molar-refractivity contribution is 5.84. The molecule has 0 aliphatic carbocycles. The van der Waals surface area contributed by atoms with Crippen molar-refractivity contribution in [3.63, 3.8) is 0 Å². The molecule has 1 heteroatoms. The fraction of sp³-hybridized carbons (Fsp3) is 0.438. The van der Waals surface area contributed by atoms with Gasteiger partial charge in [0.05, 0.1) is 0 Å². The Kier molecular flexibility index (Phi) is 3.46. The van der Waals surface area contributed by atoms with Crippen LogP contribution in [-0.2, 0) is 6.42 Å². The summed E-state index contributed by atoms with van der Waals surface area (Å²) >= 11 is 0. The van der Waals surface area contributed by atoms with Gasteiger partial charge in [-0.2, -0.15) is 0 Å². The smallest absolute Gasteiger partial charge is 0.0346 e. The van der Waals surface area contributed by atoms with Crippen LogP contribution in [0.15, 0.2) is 36.7 Å². The number of hydrogen-bond acceptors (Lipinski definition) is 1. The molecule has 90 valence electrons. The number of aryl methyl sites for hydroxylation is 1. The van der Waals surface area contributed by atoms with Gasteiger partial charge in [0.1, 0.15) is 0 Å². The second kappa shape index (κ2) is 4.87. The van der Waals surface area contributed by atoms with Crippen LogP contribution >= 0.6 is 0 Å². The standard InChI is InChI=1S/C16H21N/c1-16(2,3)10-6-8-14-12-17-11-13-7-4-5-9-15(13)14/h4-5,7,9,11-12H,6,8,10H2,1-3H3. The van der Waals surface area contributed by atoms with Gasteiger partial charge in [0.2, 0.25) is 0 Å². The molecule has 1 nitrogen and oxygen atoms in total. The Bertz CT molecular complexity index is 489. The Morgan fingerprint density at radius 2 is 1.82 bits per heavy atom. The van der Waals surface area contributed by atoms with Gasteiger partial charge in [-0.1, -0.05) is 45.0 Å². The van der Waals surface area contributed by atoms with E-state index in [-0.39, 0.29) is 0 Å². The molecular weight excluding hydrogens is 206 g/mol. The van der Waals surface area contributed by atoms with Gasteiger partial charge >= 0.3 is 0 Å². The van der Waals surface area contributed by atoms with E-state index in [2.05, 4.69) is 50.0 Å². The van der Waals surface area contributed by atoms with E-state index in [1.54, 1.807) is 0 Å². The van der Waals surface area contributed by atoms with E-state index in [1.165, 1.54) is 29.2 Å². The van der Waals surface area contributed by atoms with Crippen molar-refractivity contribution in [1.29, 1.82) is 0 Å². The first-order valence-electron chi connectivity index (χ1n) is 6.38. The summed E-state index contributed by atoms with van der Waals surface area (Å²) in [7, 11) is 0. The minimum absolute atomic E-state index is 0.429. The van der Waals surface area contributed by atoms with Crippen molar-refractivity contribution in [3.8, 4) is 0 Å². The lowest BCUT2D eigenvalue weighted by molar-refractivity contribution is 0.366. The van der Waals surface area contributed by atoms with E-state index in [0.717, 1.165) is 6.42 Å². The molecular formula is C16H21N. The zero-order valence-electron chi connectivity index (χ0n) is 11.0. The molecule has 0 N–H and O–H groups in total. The minimum Gasteiger partial charge on any atom is -0.264 e. The Hall–Kier alpha value is -1.37. The van der Waals surface area contributed by atoms with Gasteiger partial charge in [0, 0.05) is 17.8 Å². The zero-order valence-corrected chi connectivity index (χ0v) is 11.0. The Morgan fingerprint density at radius 3 is 2.59 bits per heavy atom. The summed E-state index contributed by atoms with van der Waals surface area (Å²) in [6, 6.07) is 8.51. The molecule has 0 bridgehead atoms. The summed E-state index contributed by atoms with van der Waals surface area (Å²) in [6.07, 6.45) is 7.59. The third kappa shape index (κ3) is 3.29. The molecule has 0 aliphatic rings. The first-order chi connectivity index (χ1) is 8.06. The number of rotatable bonds is 3. The molecule has 0 unspecified atom stereocenters. The average Bonchev–Trinajstić information content (AvgIpc) is 2.28. The fourth-order valence-corrected chi connectivity index (χ4v) is 2.19. The van der Waals surface area contributed by atoms with Crippen molar-refractivity contribution in [2.24, 2.45) is 5.41 Å². The maximum Gasteiger partial charge on any atom is 0.0346 e. The molecule has 0 saturated heterocycles. The second-order valence-corrected chi connectivity index (χ2v) is 5.93. The number of hydrogen-bond donors (Lipinski definition) is 0. The van der Waals surface area contributed by atoms with Crippen molar-refractivity contribution < 1.29 is 0 Å². The summed E-state index contributed by atoms with van der Waals surface area (Å²) in [5.41, 5.74) is 1.81. The quantitative estimate of drug-likeness (QED) is 0.746. The topological polar surface area (TPSA) is 12.9 Å². The van der Waals surface area contributed by atoms with Gasteiger partial charge in [-0.25, -0.2) is 0 Å². The molecule has 2 aromatic rings. The van der Waals surface area contributed by atoms with Gasteiger partial charge < -0.3 is 0 Å². The summed E-state index contributed by atoms with van der Waals surface area (Å²) < 4.78 is 0. The van der Waals surface area contributed by atoms with Crippen molar-refractivity contribution in [3.05, 3.63) is 42.2 Å². The fourth-order valence-electron chi connectivity index (χ4n) is 2.19. The molecule has 0 fully saturated rings. The third-order valence-corrected chi connectivity index (χ3v) is 3.12. The number of benzene rings is 1. The largest absolute Gasteiger partial charge is 0.264 e. The van der Waals surface area contributed by atoms with Crippen molar-refractivity contribution >= 4 is 10.8 Å². The predicted octanol–water partition coefficient (Wildman–Crippen LogP) is 4.60. The van der Waals surface area contributed by atoms with E-state index < -0.39 is 0 Å². The molecule has 0 atom stereocenters. The van der Waals surface area contributed by atoms with Crippen LogP contribution in [-0.4, -0.2) is 4.98 Å². The van der Waals surface area contributed by atoms with Crippen LogP contribution in [0.5, 0.6) is 0 Å². The van der Waals surface area contributed by atoms with Crippen LogP contribution in [0.25, 0.3) is 10.8 Å². The summed E-state index contributed by atoms with van der Waals surface area (Å²) in [5.74, 6) is 0. The molecule has 0 saturated carbocycles. The van der Waals surface area contributed by atoms with Gasteiger partial charge in [0.25, 0.3) is 0 Å². The average molecular weight is 227 g/mol. The van der Waals surface area contributed by atoms with Crippen molar-refractivity contribution in [2.75, 3.05) is 0 Å². The number of nitrogens with zero attached hydrogens (tertiary/aromatic N) is 1. The third-order valence-electron chi connectivity index (χ3n) is 3.12. The van der Waals surface area contributed by atoms with E-state index in [4.69, 9.17) is 0 Å². The molecule has 1 aromatic carbocycles. The number of aromatic nitrogens is 1. The maximum atomic E-state index is 4.33. The summed E-state index contributed by atoms with van der Waals surface area (Å²) in [4.78, 5) is 4.33. The van der Waals surface area contributed by atoms with Crippen LogP contribution in [0.1, 0.15) is 39.2 Å². The van der Waals surface area contributed by atoms with Crippen LogP contribution in [0.4, 0.5) is 0 Å². The first-order valence-corrected chi connectivity index (χ1v) is 6.38. The van der Waals surface area contributed by atoms with Gasteiger partial charge in [-0.3, -0.25) is 4.98 Å². The minimum atomic E-state index is 0.429. The molecule has 2 rings (SSSR count). The van der Waals surface area contributed by atoms with E-state index in [0.29, 0.717) is 5.41 Å². The normalized spacial score (nSPS) is 11.9. The molecule has 17 heavy (non-hydrogen) atoms. The highest BCUT2D eigenvalue weighted by Gasteiger charge is 2.10. The Balaban J connectivity index is 2.13. The molecule has 1 aromatic heterocycles. The number of pyridine rings is 1. The van der Waals surface area contributed by atoms with Crippen LogP contribution in [0.2, 0.25) is 0 Å². The Labute approximate surface area is 104 Å². The molecule has 0 aliphatic heterocycles. The summed E-state index contributed by atoms with van der Waals surface area (Å²) in [6.45, 7) is 6.90. The highest BCUT2D eigenvalue weighted by Crippen LogP contribution is 2.24. The van der Waals surface area contributed by atoms with E-state index in [9.17, 15) is 0 Å². The second-order valence-electron chi connectivity index (χ2n) is 5.93. The lowest BCUT2D eigenvalue weighted by Crippen LogP contribution is -2.05. The van der Waals surface area contributed by atoms with Gasteiger partial charge in [-0.15, -0.1) is 0 Å². The monoisotopic (exact) mass is 227 g/mol. The number of fused-ring (bicyclic) bond motifs is 1. The SMILES string of the molecule is CC(C)(C)CCCc1cncc2ccccc12. The maximum absolute atomic E-state index is 4.33. The summed E-state index contributed by atoms with van der Waals surface area (Å²) in [5, 5.41) is 2.61.